The molecule has 0 unspecified atom stereocenters. The third kappa shape index (κ3) is 5.29. The summed E-state index contributed by atoms with van der Waals surface area (Å²) in [7, 11) is -2.98. The van der Waals surface area contributed by atoms with E-state index in [0.717, 1.165) is 12.1 Å². The van der Waals surface area contributed by atoms with Crippen LogP contribution in [0.4, 0.5) is 18.9 Å². The van der Waals surface area contributed by atoms with E-state index in [4.69, 9.17) is 16.3 Å². The van der Waals surface area contributed by atoms with Gasteiger partial charge in [-0.05, 0) is 48.9 Å². The molecule has 0 saturated heterocycles. The van der Waals surface area contributed by atoms with Gasteiger partial charge in [-0.25, -0.2) is 13.2 Å². The van der Waals surface area contributed by atoms with Gasteiger partial charge in [-0.2, -0.15) is 13.2 Å². The van der Waals surface area contributed by atoms with Crippen LogP contribution < -0.4 is 9.46 Å². The van der Waals surface area contributed by atoms with E-state index in [1.54, 1.807) is 6.92 Å². The smallest absolute Gasteiger partial charge is 0.417 e. The lowest BCUT2D eigenvalue weighted by molar-refractivity contribution is -0.143. The van der Waals surface area contributed by atoms with E-state index in [1.807, 2.05) is 0 Å². The summed E-state index contributed by atoms with van der Waals surface area (Å²) < 4.78 is 75.5. The molecule has 2 aromatic carbocycles. The second-order valence-electron chi connectivity index (χ2n) is 5.59. The van der Waals surface area contributed by atoms with Gasteiger partial charge in [-0.3, -0.25) is 4.72 Å². The highest BCUT2D eigenvalue weighted by Gasteiger charge is 2.33. The van der Waals surface area contributed by atoms with Crippen LogP contribution in [0.3, 0.4) is 0 Å². The lowest BCUT2D eigenvalue weighted by atomic mass is 10.2. The van der Waals surface area contributed by atoms with E-state index in [9.17, 15) is 26.4 Å². The Hall–Kier alpha value is -2.46. The largest absolute Gasteiger partial charge is 0.482 e. The zero-order valence-electron chi connectivity index (χ0n) is 14.6. The van der Waals surface area contributed by atoms with Crippen LogP contribution in [-0.4, -0.2) is 28.1 Å². The van der Waals surface area contributed by atoms with Crippen molar-refractivity contribution in [2.75, 3.05) is 18.4 Å². The minimum Gasteiger partial charge on any atom is -0.482 e. The molecule has 0 saturated carbocycles. The first-order valence-electron chi connectivity index (χ1n) is 7.64. The Kier molecular flexibility index (Phi) is 6.45. The predicted octanol–water partition coefficient (Wildman–Crippen LogP) is 4.02. The second-order valence-corrected chi connectivity index (χ2v) is 7.68. The van der Waals surface area contributed by atoms with Crippen molar-refractivity contribution >= 4 is 33.3 Å². The molecule has 0 spiro atoms. The van der Waals surface area contributed by atoms with Crippen LogP contribution in [0.2, 0.25) is 5.02 Å². The topological polar surface area (TPSA) is 81.7 Å². The van der Waals surface area contributed by atoms with Crippen LogP contribution in [0.15, 0.2) is 41.3 Å². The Bertz CT molecular complexity index is 993. The zero-order chi connectivity index (χ0) is 21.1. The van der Waals surface area contributed by atoms with Gasteiger partial charge < -0.3 is 9.47 Å². The molecule has 0 aromatic heterocycles. The number of benzene rings is 2. The average molecular weight is 438 g/mol. The summed E-state index contributed by atoms with van der Waals surface area (Å²) in [5.74, 6) is -0.351. The lowest BCUT2D eigenvalue weighted by Crippen LogP contribution is -2.15. The Morgan fingerprint density at radius 2 is 1.86 bits per heavy atom. The van der Waals surface area contributed by atoms with E-state index < -0.39 is 32.8 Å². The summed E-state index contributed by atoms with van der Waals surface area (Å²) in [6.07, 6.45) is -4.73. The fourth-order valence-corrected chi connectivity index (χ4v) is 3.53. The number of hydrogen-bond donors (Lipinski definition) is 1. The number of alkyl halides is 3. The number of carbonyl (C=O) groups excluding carboxylic acids is 1. The van der Waals surface area contributed by atoms with Gasteiger partial charge in [-0.1, -0.05) is 11.6 Å². The molecule has 0 aliphatic heterocycles. The van der Waals surface area contributed by atoms with E-state index in [2.05, 4.69) is 9.46 Å². The number of ether oxygens (including phenoxy) is 2. The number of hydrogen-bond acceptors (Lipinski definition) is 5. The quantitative estimate of drug-likeness (QED) is 0.690. The number of esters is 1. The Balaban J connectivity index is 2.26. The van der Waals surface area contributed by atoms with Crippen molar-refractivity contribution in [1.82, 2.24) is 0 Å². The number of aryl methyl sites for hydroxylation is 1. The van der Waals surface area contributed by atoms with Crippen molar-refractivity contribution in [3.63, 3.8) is 0 Å². The van der Waals surface area contributed by atoms with Gasteiger partial charge in [-0.15, -0.1) is 0 Å². The van der Waals surface area contributed by atoms with Crippen LogP contribution in [0.1, 0.15) is 11.1 Å². The fraction of sp³-hybridized carbons (Fsp3) is 0.235. The highest BCUT2D eigenvalue weighted by Crippen LogP contribution is 2.36. The molecule has 28 heavy (non-hydrogen) atoms. The molecule has 1 N–H and O–H groups in total. The SMILES string of the molecule is COC(=O)COc1ccc(S(=O)(=O)Nc2ccc(Cl)c(C(F)(F)F)c2)cc1C. The van der Waals surface area contributed by atoms with Crippen LogP contribution in [0.25, 0.3) is 0 Å². The number of methoxy groups -OCH3 is 1. The number of carbonyl (C=O) groups is 1. The molecular formula is C17H15ClF3NO5S. The molecule has 0 amide bonds. The summed E-state index contributed by atoms with van der Waals surface area (Å²) in [4.78, 5) is 10.9. The molecule has 2 rings (SSSR count). The maximum atomic E-state index is 12.9. The van der Waals surface area contributed by atoms with Gasteiger partial charge in [0.15, 0.2) is 6.61 Å². The summed E-state index contributed by atoms with van der Waals surface area (Å²) in [5, 5.41) is -0.543. The maximum Gasteiger partial charge on any atom is 0.417 e. The molecule has 0 fully saturated rings. The first-order valence-corrected chi connectivity index (χ1v) is 9.50. The number of halogens is 4. The van der Waals surface area contributed by atoms with Gasteiger partial charge in [0.25, 0.3) is 10.0 Å². The van der Waals surface area contributed by atoms with E-state index >= 15 is 0 Å². The summed E-state index contributed by atoms with van der Waals surface area (Å²) in [5.41, 5.74) is -1.05. The number of nitrogens with one attached hydrogen (secondary N) is 1. The molecule has 0 radical (unpaired) electrons. The number of sulfonamides is 1. The van der Waals surface area contributed by atoms with Crippen molar-refractivity contribution < 1.29 is 35.9 Å². The van der Waals surface area contributed by atoms with Gasteiger partial charge in [0, 0.05) is 5.69 Å². The third-order valence-electron chi connectivity index (χ3n) is 3.55. The fourth-order valence-electron chi connectivity index (χ4n) is 2.17. The number of anilines is 1. The van der Waals surface area contributed by atoms with Crippen molar-refractivity contribution in [3.8, 4) is 5.75 Å². The first-order chi connectivity index (χ1) is 12.9. The van der Waals surface area contributed by atoms with Crippen LogP contribution >= 0.6 is 11.6 Å². The van der Waals surface area contributed by atoms with Crippen LogP contribution in [0.5, 0.6) is 5.75 Å². The minimum atomic E-state index is -4.73. The van der Waals surface area contributed by atoms with Gasteiger partial charge in [0.1, 0.15) is 5.75 Å². The molecule has 152 valence electrons. The molecular weight excluding hydrogens is 423 g/mol. The summed E-state index contributed by atoms with van der Waals surface area (Å²) >= 11 is 5.53. The van der Waals surface area contributed by atoms with Crippen LogP contribution in [-0.2, 0) is 25.7 Å². The van der Waals surface area contributed by atoms with Crippen molar-refractivity contribution in [1.29, 1.82) is 0 Å². The van der Waals surface area contributed by atoms with Crippen molar-refractivity contribution in [2.45, 2.75) is 18.0 Å². The third-order valence-corrected chi connectivity index (χ3v) is 5.26. The highest BCUT2D eigenvalue weighted by atomic mass is 35.5. The lowest BCUT2D eigenvalue weighted by Gasteiger charge is -2.14. The normalized spacial score (nSPS) is 11.8. The Morgan fingerprint density at radius 3 is 2.43 bits per heavy atom. The monoisotopic (exact) mass is 437 g/mol. The number of rotatable bonds is 6. The minimum absolute atomic E-state index is 0.195. The molecule has 0 bridgehead atoms. The first kappa shape index (κ1) is 21.8. The van der Waals surface area contributed by atoms with E-state index in [0.29, 0.717) is 11.6 Å². The second kappa shape index (κ2) is 8.27. The van der Waals surface area contributed by atoms with Crippen molar-refractivity contribution in [3.05, 3.63) is 52.5 Å². The predicted molar refractivity (Wildman–Crippen MR) is 96.0 cm³/mol. The van der Waals surface area contributed by atoms with E-state index in [1.165, 1.54) is 25.3 Å². The molecule has 0 aliphatic rings. The Morgan fingerprint density at radius 1 is 1.18 bits per heavy atom. The molecule has 0 atom stereocenters. The van der Waals surface area contributed by atoms with Gasteiger partial charge in [0.2, 0.25) is 0 Å². The Labute approximate surface area is 164 Å². The molecule has 0 heterocycles. The zero-order valence-corrected chi connectivity index (χ0v) is 16.2. The highest BCUT2D eigenvalue weighted by molar-refractivity contribution is 7.92. The maximum absolute atomic E-state index is 12.9. The summed E-state index contributed by atoms with van der Waals surface area (Å²) in [6, 6.07) is 6.47. The molecule has 6 nitrogen and oxygen atoms in total. The van der Waals surface area contributed by atoms with E-state index in [-0.39, 0.29) is 22.9 Å². The van der Waals surface area contributed by atoms with Gasteiger partial charge >= 0.3 is 12.1 Å². The standard InChI is InChI=1S/C17H15ClF3NO5S/c1-10-7-12(4-6-15(10)27-9-16(23)26-2)28(24,25)22-11-3-5-14(18)13(8-11)17(19,20)21/h3-8,22H,9H2,1-2H3. The van der Waals surface area contributed by atoms with Gasteiger partial charge in [0.05, 0.1) is 22.6 Å². The molecule has 11 heteroatoms. The average Bonchev–Trinajstić information content (AvgIpc) is 2.60. The van der Waals surface area contributed by atoms with Crippen molar-refractivity contribution in [2.24, 2.45) is 0 Å². The molecule has 2 aromatic rings. The summed E-state index contributed by atoms with van der Waals surface area (Å²) in [6.45, 7) is 1.20. The molecule has 0 aliphatic carbocycles. The van der Waals surface area contributed by atoms with Crippen LogP contribution in [0, 0.1) is 6.92 Å².